The normalized spacial score (nSPS) is 22.4. The van der Waals surface area contributed by atoms with Crippen molar-refractivity contribution < 1.29 is 0 Å². The molecular weight excluding hydrogens is 186 g/mol. The van der Waals surface area contributed by atoms with Crippen molar-refractivity contribution in [1.82, 2.24) is 4.98 Å². The van der Waals surface area contributed by atoms with E-state index >= 15 is 0 Å². The molecule has 78 valence electrons. The number of fused-ring (bicyclic) bond motifs is 1. The van der Waals surface area contributed by atoms with Gasteiger partial charge in [0.05, 0.1) is 17.6 Å². The first-order valence-electron chi connectivity index (χ1n) is 5.46. The molecule has 0 radical (unpaired) electrons. The fourth-order valence-electron chi connectivity index (χ4n) is 2.30. The number of hydrogen-bond donors (Lipinski definition) is 0. The van der Waals surface area contributed by atoms with E-state index in [1.165, 1.54) is 30.0 Å². The first kappa shape index (κ1) is 8.77. The number of allylic oxidation sites excluding steroid dienone is 1. The maximum Gasteiger partial charge on any atom is 0.109 e. The van der Waals surface area contributed by atoms with Crippen LogP contribution in [-0.2, 0) is 0 Å². The minimum absolute atomic E-state index is 0.710. The van der Waals surface area contributed by atoms with Crippen LogP contribution in [0.2, 0.25) is 0 Å². The van der Waals surface area contributed by atoms with Crippen molar-refractivity contribution in [2.75, 3.05) is 16.8 Å². The van der Waals surface area contributed by atoms with Crippen LogP contribution in [0.15, 0.2) is 30.4 Å². The Morgan fingerprint density at radius 3 is 2.87 bits per heavy atom. The quantitative estimate of drug-likeness (QED) is 0.695. The number of aromatic nitrogens is 1. The summed E-state index contributed by atoms with van der Waals surface area (Å²) in [5.41, 5.74) is 2.53. The van der Waals surface area contributed by atoms with E-state index in [9.17, 15) is 0 Å². The standard InChI is InChI=1S/C12H15N3/c1-3-12-14(2)11-8-13-7-6-10(11)15(12)9-4-5-9/h3,6-9H,4-5H2,1-2H3. The average molecular weight is 201 g/mol. The lowest BCUT2D eigenvalue weighted by atomic mass is 10.3. The van der Waals surface area contributed by atoms with Gasteiger partial charge in [0.2, 0.25) is 0 Å². The van der Waals surface area contributed by atoms with Crippen LogP contribution in [0.25, 0.3) is 0 Å². The van der Waals surface area contributed by atoms with E-state index in [1.807, 2.05) is 12.4 Å². The zero-order valence-corrected chi connectivity index (χ0v) is 9.14. The largest absolute Gasteiger partial charge is 0.328 e. The summed E-state index contributed by atoms with van der Waals surface area (Å²) in [5.74, 6) is 1.29. The minimum Gasteiger partial charge on any atom is -0.328 e. The Labute approximate surface area is 90.0 Å². The third-order valence-corrected chi connectivity index (χ3v) is 3.16. The van der Waals surface area contributed by atoms with Crippen molar-refractivity contribution >= 4 is 11.4 Å². The van der Waals surface area contributed by atoms with E-state index in [0.717, 1.165) is 0 Å². The summed E-state index contributed by atoms with van der Waals surface area (Å²) in [5, 5.41) is 0. The van der Waals surface area contributed by atoms with Crippen LogP contribution in [-0.4, -0.2) is 18.1 Å². The second-order valence-electron chi connectivity index (χ2n) is 4.17. The van der Waals surface area contributed by atoms with Gasteiger partial charge in [0.1, 0.15) is 5.82 Å². The molecule has 0 bridgehead atoms. The Morgan fingerprint density at radius 2 is 2.20 bits per heavy atom. The Kier molecular flexibility index (Phi) is 1.75. The smallest absolute Gasteiger partial charge is 0.109 e. The molecule has 3 nitrogen and oxygen atoms in total. The maximum absolute atomic E-state index is 4.19. The topological polar surface area (TPSA) is 19.4 Å². The summed E-state index contributed by atoms with van der Waals surface area (Å²) in [4.78, 5) is 8.86. The van der Waals surface area contributed by atoms with Crippen LogP contribution in [0.3, 0.4) is 0 Å². The van der Waals surface area contributed by atoms with Crippen LogP contribution in [0.5, 0.6) is 0 Å². The highest BCUT2D eigenvalue weighted by atomic mass is 15.4. The lowest BCUT2D eigenvalue weighted by molar-refractivity contribution is 0.902. The lowest BCUT2D eigenvalue weighted by Gasteiger charge is -2.22. The van der Waals surface area contributed by atoms with Gasteiger partial charge >= 0.3 is 0 Å². The zero-order chi connectivity index (χ0) is 10.4. The third-order valence-electron chi connectivity index (χ3n) is 3.16. The number of rotatable bonds is 1. The average Bonchev–Trinajstić information content (AvgIpc) is 3.05. The van der Waals surface area contributed by atoms with Gasteiger partial charge in [0, 0.05) is 19.3 Å². The molecule has 3 heteroatoms. The van der Waals surface area contributed by atoms with Gasteiger partial charge in [-0.3, -0.25) is 4.98 Å². The van der Waals surface area contributed by atoms with Crippen LogP contribution < -0.4 is 9.80 Å². The molecule has 1 aromatic rings. The van der Waals surface area contributed by atoms with Crippen LogP contribution in [0.4, 0.5) is 11.4 Å². The molecule has 0 unspecified atom stereocenters. The van der Waals surface area contributed by atoms with E-state index in [4.69, 9.17) is 0 Å². The third kappa shape index (κ3) is 1.16. The van der Waals surface area contributed by atoms with Gasteiger partial charge in [-0.1, -0.05) is 0 Å². The minimum atomic E-state index is 0.710. The molecule has 1 aromatic heterocycles. The molecule has 1 aliphatic carbocycles. The fourth-order valence-corrected chi connectivity index (χ4v) is 2.30. The van der Waals surface area contributed by atoms with Gasteiger partial charge in [0.25, 0.3) is 0 Å². The van der Waals surface area contributed by atoms with Gasteiger partial charge in [-0.15, -0.1) is 0 Å². The molecule has 0 aromatic carbocycles. The SMILES string of the molecule is CC=C1N(C)c2cnccc2N1C1CC1. The summed E-state index contributed by atoms with van der Waals surface area (Å²) in [6.45, 7) is 2.10. The predicted octanol–water partition coefficient (Wildman–Crippen LogP) is 2.36. The van der Waals surface area contributed by atoms with Crippen LogP contribution >= 0.6 is 0 Å². The van der Waals surface area contributed by atoms with Gasteiger partial charge in [0.15, 0.2) is 0 Å². The van der Waals surface area contributed by atoms with Gasteiger partial charge in [-0.05, 0) is 31.9 Å². The van der Waals surface area contributed by atoms with Crippen LogP contribution in [0, 0.1) is 0 Å². The molecular formula is C12H15N3. The maximum atomic E-state index is 4.19. The molecule has 0 amide bonds. The number of pyridine rings is 1. The Hall–Kier alpha value is -1.51. The fraction of sp³-hybridized carbons (Fsp3) is 0.417. The van der Waals surface area contributed by atoms with Crippen molar-refractivity contribution in [2.45, 2.75) is 25.8 Å². The monoisotopic (exact) mass is 201 g/mol. The van der Waals surface area contributed by atoms with Crippen molar-refractivity contribution in [1.29, 1.82) is 0 Å². The second-order valence-corrected chi connectivity index (χ2v) is 4.17. The zero-order valence-electron chi connectivity index (χ0n) is 9.14. The highest BCUT2D eigenvalue weighted by Gasteiger charge is 2.38. The molecule has 15 heavy (non-hydrogen) atoms. The van der Waals surface area contributed by atoms with Crippen molar-refractivity contribution in [2.24, 2.45) is 0 Å². The van der Waals surface area contributed by atoms with E-state index in [1.54, 1.807) is 0 Å². The van der Waals surface area contributed by atoms with Crippen molar-refractivity contribution in [3.05, 3.63) is 30.4 Å². The molecule has 0 atom stereocenters. The van der Waals surface area contributed by atoms with E-state index in [0.29, 0.717) is 6.04 Å². The predicted molar refractivity (Wildman–Crippen MR) is 61.9 cm³/mol. The first-order chi connectivity index (χ1) is 7.33. The highest BCUT2D eigenvalue weighted by Crippen LogP contribution is 2.45. The molecule has 1 aliphatic heterocycles. The van der Waals surface area contributed by atoms with Gasteiger partial charge in [-0.25, -0.2) is 0 Å². The molecule has 1 fully saturated rings. The summed E-state index contributed by atoms with van der Waals surface area (Å²) in [6, 6.07) is 2.82. The number of anilines is 2. The summed E-state index contributed by atoms with van der Waals surface area (Å²) >= 11 is 0. The Bertz CT molecular complexity index is 421. The summed E-state index contributed by atoms with van der Waals surface area (Å²) < 4.78 is 0. The molecule has 3 rings (SSSR count). The van der Waals surface area contributed by atoms with E-state index in [-0.39, 0.29) is 0 Å². The lowest BCUT2D eigenvalue weighted by Crippen LogP contribution is -2.27. The number of nitrogens with zero attached hydrogens (tertiary/aromatic N) is 3. The molecule has 2 heterocycles. The van der Waals surface area contributed by atoms with Crippen LogP contribution in [0.1, 0.15) is 19.8 Å². The Morgan fingerprint density at radius 1 is 1.40 bits per heavy atom. The van der Waals surface area contributed by atoms with Gasteiger partial charge in [-0.2, -0.15) is 0 Å². The first-order valence-corrected chi connectivity index (χ1v) is 5.46. The van der Waals surface area contributed by atoms with E-state index < -0.39 is 0 Å². The van der Waals surface area contributed by atoms with E-state index in [2.05, 4.69) is 40.9 Å². The summed E-state index contributed by atoms with van der Waals surface area (Å²) in [7, 11) is 2.11. The van der Waals surface area contributed by atoms with Gasteiger partial charge < -0.3 is 9.80 Å². The summed E-state index contributed by atoms with van der Waals surface area (Å²) in [6.07, 6.45) is 8.63. The molecule has 2 aliphatic rings. The van der Waals surface area contributed by atoms with Crippen molar-refractivity contribution in [3.8, 4) is 0 Å². The molecule has 1 saturated carbocycles. The highest BCUT2D eigenvalue weighted by molar-refractivity contribution is 5.82. The molecule has 0 saturated heterocycles. The molecule has 0 N–H and O–H groups in total. The Balaban J connectivity index is 2.13. The number of hydrogen-bond acceptors (Lipinski definition) is 3. The second kappa shape index (κ2) is 2.99. The van der Waals surface area contributed by atoms with Crippen molar-refractivity contribution in [3.63, 3.8) is 0 Å². The molecule has 0 spiro atoms.